The van der Waals surface area contributed by atoms with Gasteiger partial charge in [-0.05, 0) is 64.7 Å². The van der Waals surface area contributed by atoms with Gasteiger partial charge in [0, 0.05) is 57.1 Å². The van der Waals surface area contributed by atoms with Crippen molar-refractivity contribution in [3.8, 4) is 21.8 Å². The van der Waals surface area contributed by atoms with Gasteiger partial charge in [-0.1, -0.05) is 42.5 Å². The standard InChI is InChI=1S/C36H34BrF3N8O6S3/c37-34-44-31(25-8-4-11-28(30(25)40)45-56(50,51)33-26(38)9-5-10-27(33)39)32(55-34)29-12-15-41-35(43-29)42-24-13-16-47(17-14-24)57(52,53)48-20-18-46(19-21-48)36(49)54-22-23-6-2-1-3-7-23/h1-12,15,24,45H,13-14,16-22H2,(H,41,42,43). The number of piperazine rings is 1. The number of ether oxygens (including phenoxy) is 1. The van der Waals surface area contributed by atoms with Crippen LogP contribution in [0.25, 0.3) is 21.8 Å². The van der Waals surface area contributed by atoms with Crippen LogP contribution in [-0.2, 0) is 31.6 Å². The number of carbonyl (C=O) groups is 1. The fourth-order valence-electron chi connectivity index (χ4n) is 6.42. The van der Waals surface area contributed by atoms with Crippen molar-refractivity contribution < 1.29 is 39.5 Å². The van der Waals surface area contributed by atoms with Gasteiger partial charge in [0.25, 0.3) is 20.2 Å². The molecule has 2 aliphatic heterocycles. The maximum absolute atomic E-state index is 16.0. The molecule has 57 heavy (non-hydrogen) atoms. The van der Waals surface area contributed by atoms with Gasteiger partial charge in [0.2, 0.25) is 5.95 Å². The zero-order chi connectivity index (χ0) is 40.3. The molecule has 0 saturated carbocycles. The first-order valence-corrected chi connectivity index (χ1v) is 22.0. The number of anilines is 2. The van der Waals surface area contributed by atoms with Crippen LogP contribution in [0.4, 0.5) is 29.6 Å². The number of halogens is 4. The second-order valence-corrected chi connectivity index (χ2v) is 18.8. The van der Waals surface area contributed by atoms with Crippen LogP contribution in [-0.4, -0.2) is 96.7 Å². The van der Waals surface area contributed by atoms with E-state index in [0.29, 0.717) is 27.3 Å². The first-order valence-electron chi connectivity index (χ1n) is 17.5. The maximum atomic E-state index is 16.0. The Balaban J connectivity index is 0.975. The lowest BCUT2D eigenvalue weighted by Crippen LogP contribution is -2.55. The molecule has 0 aliphatic carbocycles. The molecule has 0 unspecified atom stereocenters. The number of rotatable bonds is 11. The number of thiazole rings is 1. The number of hydrogen-bond donors (Lipinski definition) is 2. The van der Waals surface area contributed by atoms with Gasteiger partial charge < -0.3 is 15.0 Å². The number of benzene rings is 3. The summed E-state index contributed by atoms with van der Waals surface area (Å²) in [4.78, 5) is 26.6. The lowest BCUT2D eigenvalue weighted by atomic mass is 10.1. The van der Waals surface area contributed by atoms with Crippen LogP contribution in [0.1, 0.15) is 18.4 Å². The monoisotopic (exact) mass is 906 g/mol. The highest BCUT2D eigenvalue weighted by atomic mass is 79.9. The normalized spacial score (nSPS) is 16.0. The van der Waals surface area contributed by atoms with E-state index in [1.807, 2.05) is 35.1 Å². The van der Waals surface area contributed by atoms with Crippen molar-refractivity contribution >= 4 is 65.2 Å². The van der Waals surface area contributed by atoms with Crippen LogP contribution >= 0.6 is 27.3 Å². The third-order valence-corrected chi connectivity index (χ3v) is 14.3. The molecule has 14 nitrogen and oxygen atoms in total. The SMILES string of the molecule is O=C(OCc1ccccc1)N1CCN(S(=O)(=O)N2CCC(Nc3nccc(-c4sc(Br)nc4-c4cccc(NS(=O)(=O)c5c(F)cccc5F)c4F)n3)CC2)CC1. The van der Waals surface area contributed by atoms with Crippen molar-refractivity contribution in [2.24, 2.45) is 0 Å². The number of nitrogens with zero attached hydrogens (tertiary/aromatic N) is 6. The Labute approximate surface area is 339 Å². The van der Waals surface area contributed by atoms with Crippen LogP contribution in [0.3, 0.4) is 0 Å². The van der Waals surface area contributed by atoms with Crippen molar-refractivity contribution in [3.05, 3.63) is 106 Å². The van der Waals surface area contributed by atoms with Crippen molar-refractivity contribution in [2.45, 2.75) is 30.4 Å². The summed E-state index contributed by atoms with van der Waals surface area (Å²) in [6.45, 7) is 1.34. The Morgan fingerprint density at radius 3 is 2.21 bits per heavy atom. The van der Waals surface area contributed by atoms with E-state index in [9.17, 15) is 30.4 Å². The highest BCUT2D eigenvalue weighted by Gasteiger charge is 2.36. The minimum atomic E-state index is -4.86. The second-order valence-electron chi connectivity index (χ2n) is 13.0. The Hall–Kier alpha value is -4.67. The molecule has 300 valence electrons. The van der Waals surface area contributed by atoms with Crippen LogP contribution in [0.2, 0.25) is 0 Å². The van der Waals surface area contributed by atoms with E-state index in [1.165, 1.54) is 31.8 Å². The molecule has 5 aromatic rings. The number of hydrogen-bond acceptors (Lipinski definition) is 11. The van der Waals surface area contributed by atoms with E-state index in [1.54, 1.807) is 6.07 Å². The van der Waals surface area contributed by atoms with Crippen LogP contribution in [0.15, 0.2) is 87.8 Å². The van der Waals surface area contributed by atoms with E-state index >= 15 is 4.39 Å². The molecule has 0 radical (unpaired) electrons. The van der Waals surface area contributed by atoms with Gasteiger partial charge in [0.15, 0.2) is 14.6 Å². The highest BCUT2D eigenvalue weighted by molar-refractivity contribution is 9.11. The highest BCUT2D eigenvalue weighted by Crippen LogP contribution is 2.41. The molecule has 2 N–H and O–H groups in total. The number of sulfonamides is 1. The predicted molar refractivity (Wildman–Crippen MR) is 210 cm³/mol. The van der Waals surface area contributed by atoms with Crippen molar-refractivity contribution in [2.75, 3.05) is 49.3 Å². The lowest BCUT2D eigenvalue weighted by molar-refractivity contribution is 0.0828. The smallest absolute Gasteiger partial charge is 0.410 e. The van der Waals surface area contributed by atoms with Crippen molar-refractivity contribution in [3.63, 3.8) is 0 Å². The summed E-state index contributed by atoms with van der Waals surface area (Å²) < 4.78 is 108. The third kappa shape index (κ3) is 9.07. The average molecular weight is 908 g/mol. The molecule has 3 aromatic carbocycles. The quantitative estimate of drug-likeness (QED) is 0.153. The summed E-state index contributed by atoms with van der Waals surface area (Å²) in [5, 5.41) is 3.27. The molecule has 7 rings (SSSR count). The van der Waals surface area contributed by atoms with Gasteiger partial charge in [-0.25, -0.2) is 41.3 Å². The van der Waals surface area contributed by atoms with Gasteiger partial charge in [-0.2, -0.15) is 17.0 Å². The second kappa shape index (κ2) is 17.0. The zero-order valence-corrected chi connectivity index (χ0v) is 33.9. The Morgan fingerprint density at radius 2 is 1.51 bits per heavy atom. The number of carbonyl (C=O) groups excluding carboxylic acids is 1. The fourth-order valence-corrected chi connectivity index (χ4v) is 10.7. The van der Waals surface area contributed by atoms with E-state index in [0.717, 1.165) is 41.2 Å². The van der Waals surface area contributed by atoms with Crippen LogP contribution < -0.4 is 10.0 Å². The maximum Gasteiger partial charge on any atom is 0.410 e. The zero-order valence-electron chi connectivity index (χ0n) is 29.8. The molecule has 0 bridgehead atoms. The lowest BCUT2D eigenvalue weighted by Gasteiger charge is -2.38. The molecule has 0 atom stereocenters. The summed E-state index contributed by atoms with van der Waals surface area (Å²) in [5.41, 5.74) is 0.693. The van der Waals surface area contributed by atoms with Crippen molar-refractivity contribution in [1.29, 1.82) is 0 Å². The summed E-state index contributed by atoms with van der Waals surface area (Å²) in [5.74, 6) is -3.46. The molecule has 2 aliphatic rings. The molecule has 2 aromatic heterocycles. The van der Waals surface area contributed by atoms with Crippen molar-refractivity contribution in [1.82, 2.24) is 28.5 Å². The molecular formula is C36H34BrF3N8O6S3. The summed E-state index contributed by atoms with van der Waals surface area (Å²) in [7, 11) is -8.63. The summed E-state index contributed by atoms with van der Waals surface area (Å²) in [6, 6.07) is 17.2. The minimum Gasteiger partial charge on any atom is -0.445 e. The fraction of sp³-hybridized carbons (Fsp3) is 0.278. The Morgan fingerprint density at radius 1 is 0.842 bits per heavy atom. The van der Waals surface area contributed by atoms with Gasteiger partial charge >= 0.3 is 6.09 Å². The number of amides is 1. The molecule has 21 heteroatoms. The molecule has 0 spiro atoms. The van der Waals surface area contributed by atoms with Crippen LogP contribution in [0, 0.1) is 17.5 Å². The first kappa shape index (κ1) is 40.5. The average Bonchev–Trinajstić information content (AvgIpc) is 3.59. The number of aromatic nitrogens is 3. The molecule has 2 fully saturated rings. The van der Waals surface area contributed by atoms with E-state index in [2.05, 4.69) is 36.2 Å². The molecular weight excluding hydrogens is 874 g/mol. The molecule has 1 amide bonds. The van der Waals surface area contributed by atoms with E-state index < -0.39 is 54.4 Å². The van der Waals surface area contributed by atoms with Gasteiger partial charge in [-0.3, -0.25) is 4.72 Å². The first-order chi connectivity index (χ1) is 27.3. The van der Waals surface area contributed by atoms with E-state index in [-0.39, 0.29) is 69.1 Å². The summed E-state index contributed by atoms with van der Waals surface area (Å²) >= 11 is 4.48. The Kier molecular flexibility index (Phi) is 12.1. The minimum absolute atomic E-state index is 0.104. The third-order valence-electron chi connectivity index (χ3n) is 9.32. The summed E-state index contributed by atoms with van der Waals surface area (Å²) in [6.07, 6.45) is 1.93. The topological polar surface area (TPSA) is 167 Å². The van der Waals surface area contributed by atoms with Gasteiger partial charge in [0.1, 0.15) is 18.2 Å². The molecule has 2 saturated heterocycles. The van der Waals surface area contributed by atoms with Gasteiger partial charge in [-0.15, -0.1) is 11.3 Å². The van der Waals surface area contributed by atoms with E-state index in [4.69, 9.17) is 4.74 Å². The number of piperidine rings is 1. The number of nitrogens with one attached hydrogen (secondary N) is 2. The Bertz CT molecular complexity index is 2470. The predicted octanol–water partition coefficient (Wildman–Crippen LogP) is 6.32. The largest absolute Gasteiger partial charge is 0.445 e. The molecule has 4 heterocycles. The van der Waals surface area contributed by atoms with Gasteiger partial charge in [0.05, 0.1) is 22.0 Å². The van der Waals surface area contributed by atoms with Crippen LogP contribution in [0.5, 0.6) is 0 Å².